The van der Waals surface area contributed by atoms with Gasteiger partial charge in [0.05, 0.1) is 12.8 Å². The fraction of sp³-hybridized carbons (Fsp3) is 0.889. The minimum Gasteiger partial charge on any atom is -0.461 e. The van der Waals surface area contributed by atoms with E-state index < -0.39 is 54.8 Å². The highest BCUT2D eigenvalue weighted by molar-refractivity contribution is 5.75. The molecule has 1 unspecified atom stereocenters. The highest BCUT2D eigenvalue weighted by atomic mass is 19.4. The fourth-order valence-electron chi connectivity index (χ4n) is 1.66. The number of alkyl halides is 11. The number of halogens is 11. The van der Waals surface area contributed by atoms with E-state index in [0.717, 1.165) is 0 Å². The molecule has 0 saturated carbocycles. The number of esters is 1. The normalized spacial score (nSPS) is 21.4. The summed E-state index contributed by atoms with van der Waals surface area (Å²) >= 11 is 0. The van der Waals surface area contributed by atoms with Crippen LogP contribution in [0.25, 0.3) is 0 Å². The number of cyclic esters (lactones) is 1. The van der Waals surface area contributed by atoms with E-state index in [2.05, 4.69) is 4.74 Å². The van der Waals surface area contributed by atoms with Crippen LogP contribution in [0.5, 0.6) is 0 Å². The smallest absolute Gasteiger partial charge is 0.438 e. The maximum atomic E-state index is 13.2. The predicted octanol–water partition coefficient (Wildman–Crippen LogP) is 3.80. The number of rotatable bonds is 4. The van der Waals surface area contributed by atoms with Crippen LogP contribution in [0.15, 0.2) is 0 Å². The summed E-state index contributed by atoms with van der Waals surface area (Å²) < 4.78 is 142. The zero-order valence-corrected chi connectivity index (χ0v) is 9.97. The Morgan fingerprint density at radius 1 is 0.864 bits per heavy atom. The highest BCUT2D eigenvalue weighted by Gasteiger charge is 2.90. The molecule has 0 aromatic carbocycles. The van der Waals surface area contributed by atoms with Crippen LogP contribution in [0.3, 0.4) is 0 Å². The summed E-state index contributed by atoms with van der Waals surface area (Å²) in [5.74, 6) is -14.4. The molecule has 1 rings (SSSR count). The Morgan fingerprint density at radius 3 is 1.50 bits per heavy atom. The molecule has 1 heterocycles. The Morgan fingerprint density at radius 2 is 1.23 bits per heavy atom. The maximum absolute atomic E-state index is 13.2. The lowest BCUT2D eigenvalue weighted by Gasteiger charge is -2.41. The third kappa shape index (κ3) is 2.57. The average Bonchev–Trinajstić information content (AvgIpc) is 2.21. The van der Waals surface area contributed by atoms with Gasteiger partial charge in [0, 0.05) is 0 Å². The van der Waals surface area contributed by atoms with Gasteiger partial charge >= 0.3 is 35.8 Å². The van der Waals surface area contributed by atoms with E-state index in [0.29, 0.717) is 0 Å². The highest BCUT2D eigenvalue weighted by Crippen LogP contribution is 2.60. The molecule has 1 saturated heterocycles. The Labute approximate surface area is 114 Å². The van der Waals surface area contributed by atoms with Gasteiger partial charge in [-0.2, -0.15) is 43.9 Å². The van der Waals surface area contributed by atoms with Crippen LogP contribution in [0.1, 0.15) is 12.8 Å². The molecule has 2 nitrogen and oxygen atoms in total. The molecule has 13 heteroatoms. The van der Waals surface area contributed by atoms with Crippen LogP contribution in [0, 0.1) is 0 Å². The molecule has 0 bridgehead atoms. The second-order valence-electron chi connectivity index (χ2n) is 4.45. The molecule has 0 spiro atoms. The fourth-order valence-corrected chi connectivity index (χ4v) is 1.66. The van der Waals surface area contributed by atoms with E-state index in [1.807, 2.05) is 0 Å². The van der Waals surface area contributed by atoms with Crippen molar-refractivity contribution in [2.24, 2.45) is 0 Å². The van der Waals surface area contributed by atoms with Crippen LogP contribution in [-0.4, -0.2) is 41.9 Å². The summed E-state index contributed by atoms with van der Waals surface area (Å²) in [5.41, 5.74) is -7.47. The molecule has 0 radical (unpaired) electrons. The number of hydrogen-bond donors (Lipinski definition) is 0. The monoisotopic (exact) mass is 354 g/mol. The quantitative estimate of drug-likeness (QED) is 0.567. The standard InChI is InChI=1S/C9H5F11O2/c10-5(11,2-3-1-4(21)22-3)7(13,14)6(12,8(15,16)17)9(18,19)20/h3H,1-2H2. The molecule has 1 aliphatic rings. The van der Waals surface area contributed by atoms with Crippen LogP contribution in [-0.2, 0) is 9.53 Å². The first-order chi connectivity index (χ1) is 9.47. The summed E-state index contributed by atoms with van der Waals surface area (Å²) in [5, 5.41) is 0. The third-order valence-electron chi connectivity index (χ3n) is 2.85. The van der Waals surface area contributed by atoms with E-state index in [9.17, 15) is 53.1 Å². The molecule has 1 aliphatic heterocycles. The van der Waals surface area contributed by atoms with Gasteiger partial charge in [0.2, 0.25) is 0 Å². The molecule has 0 N–H and O–H groups in total. The first kappa shape index (κ1) is 18.7. The number of ether oxygens (including phenoxy) is 1. The van der Waals surface area contributed by atoms with Gasteiger partial charge in [0.15, 0.2) is 0 Å². The van der Waals surface area contributed by atoms with Crippen molar-refractivity contribution in [3.05, 3.63) is 0 Å². The van der Waals surface area contributed by atoms with Crippen molar-refractivity contribution in [2.75, 3.05) is 0 Å². The molecule has 1 fully saturated rings. The van der Waals surface area contributed by atoms with Crippen molar-refractivity contribution < 1.29 is 57.8 Å². The van der Waals surface area contributed by atoms with Crippen molar-refractivity contribution in [3.63, 3.8) is 0 Å². The molecule has 0 aromatic rings. The minimum atomic E-state index is -7.47. The van der Waals surface area contributed by atoms with Gasteiger partial charge in [-0.1, -0.05) is 0 Å². The maximum Gasteiger partial charge on any atom is 0.438 e. The second kappa shape index (κ2) is 4.85. The van der Waals surface area contributed by atoms with Gasteiger partial charge in [0.25, 0.3) is 0 Å². The summed E-state index contributed by atoms with van der Waals surface area (Å²) in [7, 11) is 0. The van der Waals surface area contributed by atoms with Crippen molar-refractivity contribution >= 4 is 5.97 Å². The van der Waals surface area contributed by atoms with Crippen LogP contribution in [0.2, 0.25) is 0 Å². The van der Waals surface area contributed by atoms with Crippen LogP contribution < -0.4 is 0 Å². The molecule has 0 aromatic heterocycles. The van der Waals surface area contributed by atoms with E-state index in [-0.39, 0.29) is 0 Å². The van der Waals surface area contributed by atoms with Gasteiger partial charge in [-0.15, -0.1) is 0 Å². The van der Waals surface area contributed by atoms with Gasteiger partial charge < -0.3 is 4.74 Å². The first-order valence-electron chi connectivity index (χ1n) is 5.25. The van der Waals surface area contributed by atoms with Crippen molar-refractivity contribution in [2.45, 2.75) is 48.8 Å². The summed E-state index contributed by atoms with van der Waals surface area (Å²) in [6.45, 7) is 0. The van der Waals surface area contributed by atoms with E-state index >= 15 is 0 Å². The zero-order chi connectivity index (χ0) is 17.8. The Kier molecular flexibility index (Phi) is 4.13. The lowest BCUT2D eigenvalue weighted by Crippen LogP contribution is -2.70. The molecule has 0 amide bonds. The number of hydrogen-bond acceptors (Lipinski definition) is 2. The average molecular weight is 354 g/mol. The van der Waals surface area contributed by atoms with Crippen molar-refractivity contribution in [3.8, 4) is 0 Å². The predicted molar refractivity (Wildman–Crippen MR) is 45.0 cm³/mol. The summed E-state index contributed by atoms with van der Waals surface area (Å²) in [6, 6.07) is 0. The topological polar surface area (TPSA) is 26.3 Å². The van der Waals surface area contributed by atoms with Crippen LogP contribution in [0.4, 0.5) is 48.3 Å². The van der Waals surface area contributed by atoms with E-state index in [4.69, 9.17) is 0 Å². The van der Waals surface area contributed by atoms with Gasteiger partial charge in [-0.25, -0.2) is 4.39 Å². The van der Waals surface area contributed by atoms with Crippen molar-refractivity contribution in [1.29, 1.82) is 0 Å². The molecule has 1 atom stereocenters. The SMILES string of the molecule is O=C1CC(CC(F)(F)C(F)(F)C(F)(C(F)(F)F)C(F)(F)F)O1. The number of carbonyl (C=O) groups excluding carboxylic acids is 1. The lowest BCUT2D eigenvalue weighted by molar-refractivity contribution is -0.428. The van der Waals surface area contributed by atoms with E-state index in [1.54, 1.807) is 0 Å². The second-order valence-corrected chi connectivity index (χ2v) is 4.45. The summed E-state index contributed by atoms with van der Waals surface area (Å²) in [6.07, 6.45) is -20.0. The van der Waals surface area contributed by atoms with Crippen LogP contribution >= 0.6 is 0 Å². The summed E-state index contributed by atoms with van der Waals surface area (Å²) in [4.78, 5) is 10.3. The Hall–Kier alpha value is -1.30. The molecule has 22 heavy (non-hydrogen) atoms. The molecular weight excluding hydrogens is 349 g/mol. The van der Waals surface area contributed by atoms with Gasteiger partial charge in [0.1, 0.15) is 6.10 Å². The zero-order valence-electron chi connectivity index (χ0n) is 9.97. The number of carbonyl (C=O) groups is 1. The lowest BCUT2D eigenvalue weighted by atomic mass is 9.87. The van der Waals surface area contributed by atoms with E-state index in [1.165, 1.54) is 0 Å². The first-order valence-corrected chi connectivity index (χ1v) is 5.25. The molecule has 0 aliphatic carbocycles. The third-order valence-corrected chi connectivity index (χ3v) is 2.85. The van der Waals surface area contributed by atoms with Gasteiger partial charge in [-0.3, -0.25) is 4.79 Å². The Bertz CT molecular complexity index is 427. The largest absolute Gasteiger partial charge is 0.461 e. The van der Waals surface area contributed by atoms with Gasteiger partial charge in [-0.05, 0) is 0 Å². The van der Waals surface area contributed by atoms with Crippen molar-refractivity contribution in [1.82, 2.24) is 0 Å². The minimum absolute atomic E-state index is 0.914. The Balaban J connectivity index is 3.24. The molecular formula is C9H5F11O2. The molecule has 130 valence electrons.